The number of carbonyl (C=O) groups excluding carboxylic acids is 3. The van der Waals surface area contributed by atoms with Crippen molar-refractivity contribution in [2.75, 3.05) is 19.0 Å². The van der Waals surface area contributed by atoms with Crippen LogP contribution in [-0.2, 0) is 14.3 Å². The van der Waals surface area contributed by atoms with Crippen LogP contribution in [0, 0.1) is 19.8 Å². The van der Waals surface area contributed by atoms with E-state index < -0.39 is 23.8 Å². The molecule has 0 bridgehead atoms. The second-order valence-corrected chi connectivity index (χ2v) is 12.8. The molecule has 0 fully saturated rings. The predicted molar refractivity (Wildman–Crippen MR) is 178 cm³/mol. The average Bonchev–Trinajstić information content (AvgIpc) is 2.97. The van der Waals surface area contributed by atoms with Crippen molar-refractivity contribution in [2.24, 2.45) is 5.92 Å². The van der Waals surface area contributed by atoms with Gasteiger partial charge in [-0.2, -0.15) is 0 Å². The number of methoxy groups -OCH3 is 1. The zero-order chi connectivity index (χ0) is 32.9. The number of ether oxygens (including phenoxy) is 2. The van der Waals surface area contributed by atoms with E-state index in [2.05, 4.69) is 17.6 Å². The van der Waals surface area contributed by atoms with E-state index in [0.29, 0.717) is 24.4 Å². The quantitative estimate of drug-likeness (QED) is 0.187. The van der Waals surface area contributed by atoms with Gasteiger partial charge in [0.15, 0.2) is 0 Å². The smallest absolute Gasteiger partial charge is 0.408 e. The molecule has 0 saturated heterocycles. The third kappa shape index (κ3) is 11.5. The van der Waals surface area contributed by atoms with Crippen LogP contribution in [0.2, 0.25) is 0 Å². The van der Waals surface area contributed by atoms with E-state index in [-0.39, 0.29) is 17.7 Å². The molecular weight excluding hydrogens is 554 g/mol. The number of hydrogen-bond donors (Lipinski definition) is 2. The van der Waals surface area contributed by atoms with Gasteiger partial charge in [-0.15, -0.1) is 0 Å². The Morgan fingerprint density at radius 1 is 0.886 bits per heavy atom. The summed E-state index contributed by atoms with van der Waals surface area (Å²) < 4.78 is 10.8. The minimum absolute atomic E-state index is 0.188. The molecule has 244 valence electrons. The summed E-state index contributed by atoms with van der Waals surface area (Å²) >= 11 is 0. The minimum atomic E-state index is -0.911. The molecule has 2 N–H and O–H groups in total. The van der Waals surface area contributed by atoms with Crippen LogP contribution >= 0.6 is 0 Å². The lowest BCUT2D eigenvalue weighted by Crippen LogP contribution is -2.55. The molecule has 0 heterocycles. The topological polar surface area (TPSA) is 97.0 Å². The van der Waals surface area contributed by atoms with Gasteiger partial charge in [-0.3, -0.25) is 9.59 Å². The van der Waals surface area contributed by atoms with Gasteiger partial charge < -0.3 is 25.0 Å². The van der Waals surface area contributed by atoms with Crippen LogP contribution < -0.4 is 15.4 Å². The highest BCUT2D eigenvalue weighted by molar-refractivity contribution is 5.99. The van der Waals surface area contributed by atoms with E-state index in [0.717, 1.165) is 48.8 Å². The van der Waals surface area contributed by atoms with Gasteiger partial charge in [0.1, 0.15) is 23.4 Å². The summed E-state index contributed by atoms with van der Waals surface area (Å²) in [5.74, 6) is -0.130. The lowest BCUT2D eigenvalue weighted by atomic mass is 9.94. The van der Waals surface area contributed by atoms with E-state index >= 15 is 0 Å². The van der Waals surface area contributed by atoms with Crippen LogP contribution in [0.25, 0.3) is 0 Å². The molecule has 2 aromatic rings. The summed E-state index contributed by atoms with van der Waals surface area (Å²) in [5, 5.41) is 5.89. The fourth-order valence-electron chi connectivity index (χ4n) is 5.02. The van der Waals surface area contributed by atoms with Gasteiger partial charge in [-0.1, -0.05) is 77.5 Å². The van der Waals surface area contributed by atoms with Gasteiger partial charge in [-0.05, 0) is 87.9 Å². The first-order chi connectivity index (χ1) is 20.8. The normalized spacial score (nSPS) is 13.4. The maximum atomic E-state index is 14.6. The van der Waals surface area contributed by atoms with Crippen LogP contribution in [0.3, 0.4) is 0 Å². The molecule has 8 nitrogen and oxygen atoms in total. The summed E-state index contributed by atoms with van der Waals surface area (Å²) in [6.45, 7) is 15.9. The zero-order valence-corrected chi connectivity index (χ0v) is 28.4. The van der Waals surface area contributed by atoms with E-state index in [4.69, 9.17) is 9.47 Å². The Balaban J connectivity index is 2.56. The van der Waals surface area contributed by atoms with Crippen molar-refractivity contribution in [3.05, 3.63) is 59.2 Å². The Hall–Kier alpha value is -3.55. The number of unbranched alkanes of at least 4 members (excludes halogenated alkanes) is 5. The zero-order valence-electron chi connectivity index (χ0n) is 28.4. The number of hydrogen-bond acceptors (Lipinski definition) is 5. The summed E-state index contributed by atoms with van der Waals surface area (Å²) in [6, 6.07) is 11.2. The molecule has 0 aliphatic rings. The van der Waals surface area contributed by atoms with Gasteiger partial charge in [-0.25, -0.2) is 4.79 Å². The Morgan fingerprint density at radius 3 is 2.09 bits per heavy atom. The largest absolute Gasteiger partial charge is 0.497 e. The van der Waals surface area contributed by atoms with Crippen molar-refractivity contribution in [2.45, 2.75) is 118 Å². The van der Waals surface area contributed by atoms with E-state index in [1.165, 1.54) is 6.42 Å². The van der Waals surface area contributed by atoms with Crippen molar-refractivity contribution in [3.63, 3.8) is 0 Å². The number of nitrogens with zero attached hydrogens (tertiary/aromatic N) is 1. The number of amides is 3. The van der Waals surface area contributed by atoms with E-state index in [1.807, 2.05) is 45.9 Å². The van der Waals surface area contributed by atoms with E-state index in [9.17, 15) is 14.4 Å². The highest BCUT2D eigenvalue weighted by Crippen LogP contribution is 2.29. The van der Waals surface area contributed by atoms with Crippen LogP contribution in [0.5, 0.6) is 5.75 Å². The van der Waals surface area contributed by atoms with Crippen LogP contribution in [0.4, 0.5) is 10.5 Å². The second-order valence-electron chi connectivity index (χ2n) is 12.8. The van der Waals surface area contributed by atoms with Crippen LogP contribution in [0.1, 0.15) is 109 Å². The van der Waals surface area contributed by atoms with Crippen molar-refractivity contribution < 1.29 is 23.9 Å². The number of benzene rings is 2. The van der Waals surface area contributed by atoms with Crippen LogP contribution in [-0.4, -0.2) is 48.1 Å². The Bertz CT molecular complexity index is 1210. The molecule has 0 spiro atoms. The summed E-state index contributed by atoms with van der Waals surface area (Å²) in [4.78, 5) is 43.4. The second kappa shape index (κ2) is 17.7. The molecule has 8 heteroatoms. The molecule has 3 unspecified atom stereocenters. The molecule has 0 aliphatic carbocycles. The van der Waals surface area contributed by atoms with Crippen molar-refractivity contribution in [1.29, 1.82) is 0 Å². The molecule has 0 aromatic heterocycles. The van der Waals surface area contributed by atoms with Crippen molar-refractivity contribution in [3.8, 4) is 5.75 Å². The average molecular weight is 610 g/mol. The number of rotatable bonds is 16. The predicted octanol–water partition coefficient (Wildman–Crippen LogP) is 8.12. The first-order valence-electron chi connectivity index (χ1n) is 16.1. The molecule has 44 heavy (non-hydrogen) atoms. The summed E-state index contributed by atoms with van der Waals surface area (Å²) in [7, 11) is 1.59. The first-order valence-corrected chi connectivity index (χ1v) is 16.1. The molecule has 0 saturated carbocycles. The Kier molecular flexibility index (Phi) is 14.7. The number of aryl methyl sites for hydroxylation is 2. The van der Waals surface area contributed by atoms with Crippen molar-refractivity contribution >= 4 is 23.6 Å². The maximum Gasteiger partial charge on any atom is 0.408 e. The molecule has 0 radical (unpaired) electrons. The standard InChI is InChI=1S/C36H55N3O5/c1-10-12-13-14-15-16-23-39(34(41)31(25(3)11-2)38-35(42)44-36(6,7)8)32(28-18-17-26(4)27(5)24-28)33(40)37-29-19-21-30(43-9)22-20-29/h17-22,24-25,31-32H,10-16,23H2,1-9H3,(H,37,40)(H,38,42). The van der Waals surface area contributed by atoms with Gasteiger partial charge in [0.2, 0.25) is 5.91 Å². The summed E-state index contributed by atoms with van der Waals surface area (Å²) in [6.07, 6.45) is 6.21. The Morgan fingerprint density at radius 2 is 1.52 bits per heavy atom. The monoisotopic (exact) mass is 609 g/mol. The molecular formula is C36H55N3O5. The van der Waals surface area contributed by atoms with Crippen molar-refractivity contribution in [1.82, 2.24) is 10.2 Å². The van der Waals surface area contributed by atoms with Gasteiger partial charge in [0, 0.05) is 12.2 Å². The molecule has 3 atom stereocenters. The number of carbonyl (C=O) groups is 3. The van der Waals surface area contributed by atoms with Crippen LogP contribution in [0.15, 0.2) is 42.5 Å². The highest BCUT2D eigenvalue weighted by atomic mass is 16.6. The summed E-state index contributed by atoms with van der Waals surface area (Å²) in [5.41, 5.74) is 2.73. The fraction of sp³-hybridized carbons (Fsp3) is 0.583. The van der Waals surface area contributed by atoms with Gasteiger partial charge >= 0.3 is 6.09 Å². The first kappa shape index (κ1) is 36.6. The minimum Gasteiger partial charge on any atom is -0.497 e. The molecule has 2 aromatic carbocycles. The SMILES string of the molecule is CCCCCCCCN(C(=O)C(NC(=O)OC(C)(C)C)C(C)CC)C(C(=O)Nc1ccc(OC)cc1)c1ccc(C)c(C)c1. The molecule has 3 amide bonds. The third-order valence-electron chi connectivity index (χ3n) is 7.95. The third-order valence-corrected chi connectivity index (χ3v) is 7.95. The van der Waals surface area contributed by atoms with Gasteiger partial charge in [0.05, 0.1) is 7.11 Å². The lowest BCUT2D eigenvalue weighted by Gasteiger charge is -2.36. The molecule has 2 rings (SSSR count). The fourth-order valence-corrected chi connectivity index (χ4v) is 5.02. The molecule has 0 aliphatic heterocycles. The maximum absolute atomic E-state index is 14.6. The number of nitrogens with one attached hydrogen (secondary N) is 2. The lowest BCUT2D eigenvalue weighted by molar-refractivity contribution is -0.142. The van der Waals surface area contributed by atoms with Gasteiger partial charge in [0.25, 0.3) is 5.91 Å². The van der Waals surface area contributed by atoms with E-state index in [1.54, 1.807) is 57.0 Å². The Labute approximate surface area is 265 Å². The number of alkyl carbamates (subject to hydrolysis) is 1. The highest BCUT2D eigenvalue weighted by Gasteiger charge is 2.38. The number of anilines is 1.